The molecule has 4 N–H and O–H groups in total. The monoisotopic (exact) mass is 353 g/mol. The zero-order chi connectivity index (χ0) is 14.8. The van der Waals surface area contributed by atoms with E-state index in [2.05, 4.69) is 26.0 Å². The quantitative estimate of drug-likeness (QED) is 0.689. The molecule has 1 amide bonds. The maximum Gasteiger partial charge on any atom is 0.242 e. The van der Waals surface area contributed by atoms with Crippen LogP contribution in [-0.4, -0.2) is 27.4 Å². The van der Waals surface area contributed by atoms with Crippen molar-refractivity contribution in [2.75, 3.05) is 12.8 Å². The number of amides is 1. The summed E-state index contributed by atoms with van der Waals surface area (Å²) in [6.07, 6.45) is 0. The van der Waals surface area contributed by atoms with Gasteiger partial charge in [0.15, 0.2) is 0 Å². The number of carbonyl (C=O) groups excluding carboxylic acids is 1. The molecule has 19 heavy (non-hydrogen) atoms. The number of nitrogens with two attached hydrogens (primary N) is 1. The van der Waals surface area contributed by atoms with Crippen LogP contribution in [-0.2, 0) is 14.8 Å². The Morgan fingerprint density at radius 2 is 2.05 bits per heavy atom. The molecule has 0 saturated carbocycles. The molecule has 9 heteroatoms. The van der Waals surface area contributed by atoms with Gasteiger partial charge in [0.2, 0.25) is 15.9 Å². The molecule has 1 aromatic rings. The number of benzene rings is 1. The number of hydrogen-bond donors (Lipinski definition) is 3. The van der Waals surface area contributed by atoms with Crippen LogP contribution in [0.4, 0.5) is 10.1 Å². The van der Waals surface area contributed by atoms with Gasteiger partial charge in [-0.3, -0.25) is 4.79 Å². The Morgan fingerprint density at radius 1 is 1.47 bits per heavy atom. The number of hydrogen-bond acceptors (Lipinski definition) is 4. The van der Waals surface area contributed by atoms with Crippen LogP contribution in [0.1, 0.15) is 6.92 Å². The maximum absolute atomic E-state index is 13.2. The molecular formula is C10H13BrFN3O3S. The van der Waals surface area contributed by atoms with Crippen LogP contribution in [0.5, 0.6) is 0 Å². The smallest absolute Gasteiger partial charge is 0.242 e. The number of likely N-dealkylation sites (N-methyl/N-ethyl adjacent to an activating group) is 1. The molecule has 0 spiro atoms. The first-order valence-corrected chi connectivity index (χ1v) is 7.45. The summed E-state index contributed by atoms with van der Waals surface area (Å²) in [6.45, 7) is 1.39. The van der Waals surface area contributed by atoms with E-state index in [1.807, 2.05) is 0 Å². The average Bonchev–Trinajstić information content (AvgIpc) is 2.31. The normalized spacial score (nSPS) is 13.1. The van der Waals surface area contributed by atoms with E-state index < -0.39 is 27.8 Å². The molecule has 0 radical (unpaired) electrons. The molecule has 1 rings (SSSR count). The van der Waals surface area contributed by atoms with Gasteiger partial charge in [-0.2, -0.15) is 4.72 Å². The first-order valence-electron chi connectivity index (χ1n) is 5.17. The lowest BCUT2D eigenvalue weighted by Gasteiger charge is -2.14. The van der Waals surface area contributed by atoms with Crippen molar-refractivity contribution in [3.8, 4) is 0 Å². The lowest BCUT2D eigenvalue weighted by molar-refractivity contribution is -0.121. The second-order valence-corrected chi connectivity index (χ2v) is 6.30. The number of carbonyl (C=O) groups is 1. The van der Waals surface area contributed by atoms with Crippen LogP contribution in [0.2, 0.25) is 0 Å². The van der Waals surface area contributed by atoms with Gasteiger partial charge in [-0.15, -0.1) is 0 Å². The molecule has 0 fully saturated rings. The zero-order valence-corrected chi connectivity index (χ0v) is 12.6. The van der Waals surface area contributed by atoms with Gasteiger partial charge in [0.05, 0.1) is 16.6 Å². The molecule has 6 nitrogen and oxygen atoms in total. The molecule has 0 saturated heterocycles. The highest BCUT2D eigenvalue weighted by Crippen LogP contribution is 2.26. The van der Waals surface area contributed by atoms with Crippen molar-refractivity contribution in [3.05, 3.63) is 22.4 Å². The van der Waals surface area contributed by atoms with Gasteiger partial charge in [-0.05, 0) is 35.0 Å². The predicted octanol–water partition coefficient (Wildman–Crippen LogP) is 0.583. The van der Waals surface area contributed by atoms with Crippen LogP contribution in [0, 0.1) is 5.82 Å². The fourth-order valence-corrected chi connectivity index (χ4v) is 3.57. The van der Waals surface area contributed by atoms with E-state index in [-0.39, 0.29) is 15.1 Å². The third-order valence-corrected chi connectivity index (χ3v) is 4.81. The van der Waals surface area contributed by atoms with Crippen LogP contribution >= 0.6 is 15.9 Å². The van der Waals surface area contributed by atoms with Crippen molar-refractivity contribution in [1.82, 2.24) is 10.0 Å². The second-order valence-electron chi connectivity index (χ2n) is 3.76. The maximum atomic E-state index is 13.2. The molecule has 1 aromatic carbocycles. The minimum atomic E-state index is -3.99. The van der Waals surface area contributed by atoms with Crippen molar-refractivity contribution < 1.29 is 17.6 Å². The molecule has 0 aromatic heterocycles. The van der Waals surface area contributed by atoms with Crippen LogP contribution in [0.25, 0.3) is 0 Å². The summed E-state index contributed by atoms with van der Waals surface area (Å²) in [5.74, 6) is -1.22. The number of rotatable bonds is 4. The summed E-state index contributed by atoms with van der Waals surface area (Å²) in [4.78, 5) is 11.1. The van der Waals surface area contributed by atoms with Crippen LogP contribution in [0.15, 0.2) is 21.5 Å². The molecule has 0 aliphatic heterocycles. The summed E-state index contributed by atoms with van der Waals surface area (Å²) in [5.41, 5.74) is 5.04. The Labute approximate surface area is 118 Å². The van der Waals surface area contributed by atoms with E-state index in [4.69, 9.17) is 5.73 Å². The van der Waals surface area contributed by atoms with Crippen molar-refractivity contribution in [2.24, 2.45) is 0 Å². The summed E-state index contributed by atoms with van der Waals surface area (Å²) in [6, 6.07) is 0.973. The lowest BCUT2D eigenvalue weighted by Crippen LogP contribution is -2.43. The molecule has 0 aliphatic rings. The molecule has 106 valence electrons. The highest BCUT2D eigenvalue weighted by Gasteiger charge is 2.24. The SMILES string of the molecule is CNC(=O)C(C)NS(=O)(=O)c1cc(N)c(F)cc1Br. The number of halogens is 2. The fourth-order valence-electron chi connectivity index (χ4n) is 1.32. The van der Waals surface area contributed by atoms with E-state index in [1.165, 1.54) is 14.0 Å². The Morgan fingerprint density at radius 3 is 2.58 bits per heavy atom. The minimum Gasteiger partial charge on any atom is -0.396 e. The second kappa shape index (κ2) is 5.85. The van der Waals surface area contributed by atoms with E-state index in [1.54, 1.807) is 0 Å². The van der Waals surface area contributed by atoms with Gasteiger partial charge in [-0.25, -0.2) is 12.8 Å². The topological polar surface area (TPSA) is 101 Å². The third kappa shape index (κ3) is 3.64. The summed E-state index contributed by atoms with van der Waals surface area (Å²) in [5, 5.41) is 2.31. The Bertz CT molecular complexity index is 606. The van der Waals surface area contributed by atoms with E-state index in [0.29, 0.717) is 0 Å². The largest absolute Gasteiger partial charge is 0.396 e. The van der Waals surface area contributed by atoms with E-state index in [9.17, 15) is 17.6 Å². The van der Waals surface area contributed by atoms with Gasteiger partial charge in [0, 0.05) is 11.5 Å². The summed E-state index contributed by atoms with van der Waals surface area (Å²) < 4.78 is 39.4. The number of nitrogens with one attached hydrogen (secondary N) is 2. The Balaban J connectivity index is 3.14. The van der Waals surface area contributed by atoms with Crippen molar-refractivity contribution in [3.63, 3.8) is 0 Å². The molecule has 0 aliphatic carbocycles. The van der Waals surface area contributed by atoms with Crippen LogP contribution < -0.4 is 15.8 Å². The highest BCUT2D eigenvalue weighted by molar-refractivity contribution is 9.10. The Kier molecular flexibility index (Phi) is 4.88. The fraction of sp³-hybridized carbons (Fsp3) is 0.300. The molecule has 0 bridgehead atoms. The third-order valence-electron chi connectivity index (χ3n) is 2.31. The van der Waals surface area contributed by atoms with Crippen LogP contribution in [0.3, 0.4) is 0 Å². The molecule has 1 unspecified atom stereocenters. The van der Waals surface area contributed by atoms with Gasteiger partial charge in [0.25, 0.3) is 0 Å². The Hall–Kier alpha value is -1.19. The molecule has 1 atom stereocenters. The highest BCUT2D eigenvalue weighted by atomic mass is 79.9. The van der Waals surface area contributed by atoms with Gasteiger partial charge in [-0.1, -0.05) is 0 Å². The average molecular weight is 354 g/mol. The van der Waals surface area contributed by atoms with E-state index >= 15 is 0 Å². The lowest BCUT2D eigenvalue weighted by atomic mass is 10.3. The van der Waals surface area contributed by atoms with Gasteiger partial charge in [0.1, 0.15) is 5.82 Å². The number of sulfonamides is 1. The standard InChI is InChI=1S/C10H13BrFN3O3S/c1-5(10(16)14-2)15-19(17,18)9-4-8(13)7(12)3-6(9)11/h3-5,15H,13H2,1-2H3,(H,14,16). The molecular weight excluding hydrogens is 341 g/mol. The molecule has 0 heterocycles. The summed E-state index contributed by atoms with van der Waals surface area (Å²) >= 11 is 2.95. The predicted molar refractivity (Wildman–Crippen MR) is 72.4 cm³/mol. The first-order chi connectivity index (χ1) is 8.69. The van der Waals surface area contributed by atoms with Gasteiger partial charge >= 0.3 is 0 Å². The number of nitrogen functional groups attached to an aromatic ring is 1. The first kappa shape index (κ1) is 15.9. The van der Waals surface area contributed by atoms with Crippen molar-refractivity contribution >= 4 is 37.5 Å². The zero-order valence-electron chi connectivity index (χ0n) is 10.2. The van der Waals surface area contributed by atoms with Gasteiger partial charge < -0.3 is 11.1 Å². The van der Waals surface area contributed by atoms with Crippen molar-refractivity contribution in [1.29, 1.82) is 0 Å². The summed E-state index contributed by atoms with van der Waals surface area (Å²) in [7, 11) is -2.60. The van der Waals surface area contributed by atoms with Crippen molar-refractivity contribution in [2.45, 2.75) is 17.9 Å². The number of anilines is 1. The minimum absolute atomic E-state index is 0.0239. The van der Waals surface area contributed by atoms with E-state index in [0.717, 1.165) is 12.1 Å².